The largest absolute Gasteiger partial charge is 0.478 e. The second-order valence-electron chi connectivity index (χ2n) is 4.16. The smallest absolute Gasteiger partial charge is 0.338 e. The lowest BCUT2D eigenvalue weighted by Gasteiger charge is -2.13. The van der Waals surface area contributed by atoms with Gasteiger partial charge in [0.25, 0.3) is 0 Å². The number of hydrogen-bond donors (Lipinski definition) is 3. The summed E-state index contributed by atoms with van der Waals surface area (Å²) in [6.07, 6.45) is 0.841. The van der Waals surface area contributed by atoms with Crippen LogP contribution in [-0.4, -0.2) is 22.9 Å². The highest BCUT2D eigenvalue weighted by Gasteiger charge is 2.17. The van der Waals surface area contributed by atoms with Gasteiger partial charge in [-0.3, -0.25) is 9.59 Å². The first-order chi connectivity index (χ1) is 9.35. The van der Waals surface area contributed by atoms with Crippen molar-refractivity contribution in [3.8, 4) is 0 Å². The number of halogens is 1. The average molecular weight is 282 g/mol. The predicted molar refractivity (Wildman–Crippen MR) is 71.2 cm³/mol. The molecule has 0 saturated carbocycles. The second kappa shape index (κ2) is 6.65. The van der Waals surface area contributed by atoms with Gasteiger partial charge in [0, 0.05) is 19.4 Å². The number of carbonyl (C=O) groups is 3. The zero-order valence-electron chi connectivity index (χ0n) is 11.1. The number of anilines is 2. The van der Waals surface area contributed by atoms with Crippen LogP contribution in [0.2, 0.25) is 0 Å². The standard InChI is InChI=1S/C13H15FN2O4/c1-3-4-12(18)16-10-5-8(13(19)20)9(14)6-11(10)15-7(2)17/h5-6H,3-4H2,1-2H3,(H,15,17)(H,16,18)(H,19,20). The third-order valence-corrected chi connectivity index (χ3v) is 2.40. The Morgan fingerprint density at radius 3 is 2.30 bits per heavy atom. The molecule has 0 unspecified atom stereocenters. The van der Waals surface area contributed by atoms with E-state index in [1.807, 2.05) is 6.92 Å². The highest BCUT2D eigenvalue weighted by molar-refractivity contribution is 6.01. The summed E-state index contributed by atoms with van der Waals surface area (Å²) in [5.41, 5.74) is -0.507. The van der Waals surface area contributed by atoms with E-state index in [-0.39, 0.29) is 23.7 Å². The Kier molecular flexibility index (Phi) is 5.19. The summed E-state index contributed by atoms with van der Waals surface area (Å²) in [4.78, 5) is 33.5. The van der Waals surface area contributed by atoms with Crippen molar-refractivity contribution in [1.29, 1.82) is 0 Å². The molecule has 0 aliphatic rings. The van der Waals surface area contributed by atoms with Gasteiger partial charge in [0.15, 0.2) is 0 Å². The van der Waals surface area contributed by atoms with Crippen molar-refractivity contribution in [3.05, 3.63) is 23.5 Å². The molecule has 0 aliphatic carbocycles. The van der Waals surface area contributed by atoms with Gasteiger partial charge in [-0.2, -0.15) is 0 Å². The van der Waals surface area contributed by atoms with Crippen molar-refractivity contribution in [2.45, 2.75) is 26.7 Å². The van der Waals surface area contributed by atoms with Crippen molar-refractivity contribution in [2.75, 3.05) is 10.6 Å². The molecule has 1 aromatic carbocycles. The molecule has 0 bridgehead atoms. The quantitative estimate of drug-likeness (QED) is 0.771. The fourth-order valence-electron chi connectivity index (χ4n) is 1.57. The number of carboxylic acids is 1. The van der Waals surface area contributed by atoms with Crippen LogP contribution < -0.4 is 10.6 Å². The van der Waals surface area contributed by atoms with Gasteiger partial charge in [-0.15, -0.1) is 0 Å². The first kappa shape index (κ1) is 15.6. The van der Waals surface area contributed by atoms with Crippen molar-refractivity contribution in [2.24, 2.45) is 0 Å². The molecule has 20 heavy (non-hydrogen) atoms. The van der Waals surface area contributed by atoms with Gasteiger partial charge in [-0.25, -0.2) is 9.18 Å². The van der Waals surface area contributed by atoms with E-state index in [9.17, 15) is 18.8 Å². The normalized spacial score (nSPS) is 9.95. The van der Waals surface area contributed by atoms with Crippen LogP contribution in [0, 0.1) is 5.82 Å². The summed E-state index contributed by atoms with van der Waals surface area (Å²) in [6.45, 7) is 3.03. The molecule has 0 saturated heterocycles. The fourth-order valence-corrected chi connectivity index (χ4v) is 1.57. The molecule has 0 heterocycles. The number of amides is 2. The third kappa shape index (κ3) is 4.04. The van der Waals surface area contributed by atoms with Gasteiger partial charge >= 0.3 is 5.97 Å². The maximum Gasteiger partial charge on any atom is 0.338 e. The highest BCUT2D eigenvalue weighted by atomic mass is 19.1. The molecule has 7 heteroatoms. The average Bonchev–Trinajstić information content (AvgIpc) is 2.31. The summed E-state index contributed by atoms with van der Waals surface area (Å²) in [7, 11) is 0. The van der Waals surface area contributed by atoms with Gasteiger partial charge < -0.3 is 15.7 Å². The number of aromatic carboxylic acids is 1. The molecule has 1 rings (SSSR count). The maximum atomic E-state index is 13.6. The zero-order chi connectivity index (χ0) is 15.3. The molecule has 0 aliphatic heterocycles. The van der Waals surface area contributed by atoms with Gasteiger partial charge in [0.1, 0.15) is 5.82 Å². The van der Waals surface area contributed by atoms with Crippen molar-refractivity contribution in [1.82, 2.24) is 0 Å². The van der Waals surface area contributed by atoms with E-state index in [2.05, 4.69) is 10.6 Å². The molecule has 2 amide bonds. The monoisotopic (exact) mass is 282 g/mol. The SMILES string of the molecule is CCCC(=O)Nc1cc(C(=O)O)c(F)cc1NC(C)=O. The van der Waals surface area contributed by atoms with Crippen molar-refractivity contribution < 1.29 is 23.9 Å². The predicted octanol–water partition coefficient (Wildman–Crippen LogP) is 2.22. The Morgan fingerprint density at radius 2 is 1.80 bits per heavy atom. The number of benzene rings is 1. The lowest BCUT2D eigenvalue weighted by molar-refractivity contribution is -0.116. The molecule has 3 N–H and O–H groups in total. The van der Waals surface area contributed by atoms with E-state index in [4.69, 9.17) is 5.11 Å². The van der Waals surface area contributed by atoms with Crippen LogP contribution in [0.15, 0.2) is 12.1 Å². The Morgan fingerprint density at radius 1 is 1.20 bits per heavy atom. The Hall–Kier alpha value is -2.44. The van der Waals surface area contributed by atoms with E-state index in [1.165, 1.54) is 6.92 Å². The van der Waals surface area contributed by atoms with Crippen LogP contribution in [-0.2, 0) is 9.59 Å². The summed E-state index contributed by atoms with van der Waals surface area (Å²) >= 11 is 0. The summed E-state index contributed by atoms with van der Waals surface area (Å²) in [5, 5.41) is 13.7. The lowest BCUT2D eigenvalue weighted by Crippen LogP contribution is -2.16. The number of nitrogens with one attached hydrogen (secondary N) is 2. The third-order valence-electron chi connectivity index (χ3n) is 2.40. The first-order valence-corrected chi connectivity index (χ1v) is 5.99. The Bertz CT molecular complexity index is 558. The molecule has 108 valence electrons. The van der Waals surface area contributed by atoms with Crippen LogP contribution in [0.5, 0.6) is 0 Å². The zero-order valence-corrected chi connectivity index (χ0v) is 11.1. The van der Waals surface area contributed by atoms with Crippen LogP contribution in [0.4, 0.5) is 15.8 Å². The molecular weight excluding hydrogens is 267 g/mol. The maximum absolute atomic E-state index is 13.6. The minimum atomic E-state index is -1.46. The van der Waals surface area contributed by atoms with E-state index in [0.717, 1.165) is 12.1 Å². The molecule has 0 spiro atoms. The van der Waals surface area contributed by atoms with E-state index >= 15 is 0 Å². The Balaban J connectivity index is 3.20. The van der Waals surface area contributed by atoms with Gasteiger partial charge in [0.05, 0.1) is 16.9 Å². The number of carbonyl (C=O) groups excluding carboxylic acids is 2. The first-order valence-electron chi connectivity index (χ1n) is 5.99. The minimum absolute atomic E-state index is 0.0180. The van der Waals surface area contributed by atoms with Crippen molar-refractivity contribution >= 4 is 29.2 Å². The van der Waals surface area contributed by atoms with Crippen LogP contribution in [0.3, 0.4) is 0 Å². The molecule has 0 aromatic heterocycles. The molecule has 6 nitrogen and oxygen atoms in total. The molecular formula is C13H15FN2O4. The summed E-state index contributed by atoms with van der Waals surface area (Å²) < 4.78 is 13.6. The fraction of sp³-hybridized carbons (Fsp3) is 0.308. The van der Waals surface area contributed by atoms with Crippen molar-refractivity contribution in [3.63, 3.8) is 0 Å². The molecule has 0 radical (unpaired) electrons. The number of rotatable bonds is 5. The molecule has 1 aromatic rings. The Labute approximate surface area is 115 Å². The molecule has 0 atom stereocenters. The topological polar surface area (TPSA) is 95.5 Å². The minimum Gasteiger partial charge on any atom is -0.478 e. The molecule has 0 fully saturated rings. The summed E-state index contributed by atoms with van der Waals surface area (Å²) in [6, 6.07) is 1.85. The second-order valence-corrected chi connectivity index (χ2v) is 4.16. The van der Waals surface area contributed by atoms with Crippen LogP contribution in [0.1, 0.15) is 37.0 Å². The van der Waals surface area contributed by atoms with E-state index in [0.29, 0.717) is 6.42 Å². The lowest BCUT2D eigenvalue weighted by atomic mass is 10.1. The van der Waals surface area contributed by atoms with Gasteiger partial charge in [-0.05, 0) is 12.5 Å². The van der Waals surface area contributed by atoms with Gasteiger partial charge in [-0.1, -0.05) is 6.92 Å². The van der Waals surface area contributed by atoms with E-state index in [1.54, 1.807) is 0 Å². The summed E-state index contributed by atoms with van der Waals surface area (Å²) in [5.74, 6) is -3.25. The number of hydrogen-bond acceptors (Lipinski definition) is 3. The van der Waals surface area contributed by atoms with Crippen LogP contribution in [0.25, 0.3) is 0 Å². The van der Waals surface area contributed by atoms with Gasteiger partial charge in [0.2, 0.25) is 11.8 Å². The number of carboxylic acid groups (broad SMARTS) is 1. The van der Waals surface area contributed by atoms with E-state index < -0.39 is 23.3 Å². The highest BCUT2D eigenvalue weighted by Crippen LogP contribution is 2.26. The van der Waals surface area contributed by atoms with Crippen LogP contribution >= 0.6 is 0 Å².